The molecule has 0 aromatic heterocycles. The van der Waals surface area contributed by atoms with Crippen molar-refractivity contribution >= 4 is 12.0 Å². The van der Waals surface area contributed by atoms with Crippen LogP contribution in [-0.4, -0.2) is 51.8 Å². The van der Waals surface area contributed by atoms with Gasteiger partial charge in [0.05, 0.1) is 18.6 Å². The van der Waals surface area contributed by atoms with Gasteiger partial charge in [0.1, 0.15) is 0 Å². The van der Waals surface area contributed by atoms with Crippen molar-refractivity contribution in [1.29, 1.82) is 0 Å². The summed E-state index contributed by atoms with van der Waals surface area (Å²) in [4.78, 5) is 24.7. The van der Waals surface area contributed by atoms with E-state index in [1.165, 1.54) is 4.90 Å². The number of aliphatic hydroxyl groups excluding tert-OH is 1. The van der Waals surface area contributed by atoms with Crippen molar-refractivity contribution in [3.8, 4) is 0 Å². The largest absolute Gasteiger partial charge is 0.481 e. The van der Waals surface area contributed by atoms with E-state index in [1.807, 2.05) is 13.8 Å². The van der Waals surface area contributed by atoms with Gasteiger partial charge in [-0.3, -0.25) is 4.79 Å². The maximum absolute atomic E-state index is 12.2. The SMILES string of the molecule is CC(C)N(CCO)C(=O)NC1(CC(=O)O)CCCC1. The van der Waals surface area contributed by atoms with Crippen LogP contribution < -0.4 is 5.32 Å². The number of aliphatic carboxylic acids is 1. The molecule has 0 atom stereocenters. The van der Waals surface area contributed by atoms with E-state index in [0.717, 1.165) is 12.8 Å². The van der Waals surface area contributed by atoms with E-state index in [4.69, 9.17) is 10.2 Å². The van der Waals surface area contributed by atoms with Crippen LogP contribution in [0.15, 0.2) is 0 Å². The maximum Gasteiger partial charge on any atom is 0.318 e. The predicted octanol–water partition coefficient (Wildman–Crippen LogP) is 1.19. The molecule has 0 saturated heterocycles. The second-order valence-electron chi connectivity index (χ2n) is 5.50. The lowest BCUT2D eigenvalue weighted by molar-refractivity contribution is -0.138. The summed E-state index contributed by atoms with van der Waals surface area (Å²) < 4.78 is 0. The van der Waals surface area contributed by atoms with Crippen molar-refractivity contribution in [3.05, 3.63) is 0 Å². The lowest BCUT2D eigenvalue weighted by atomic mass is 9.93. The molecule has 1 saturated carbocycles. The van der Waals surface area contributed by atoms with E-state index in [2.05, 4.69) is 5.32 Å². The summed E-state index contributed by atoms with van der Waals surface area (Å²) in [5, 5.41) is 20.9. The first kappa shape index (κ1) is 15.8. The number of carbonyl (C=O) groups is 2. The van der Waals surface area contributed by atoms with Gasteiger partial charge in [-0.15, -0.1) is 0 Å². The van der Waals surface area contributed by atoms with Gasteiger partial charge in [0, 0.05) is 12.6 Å². The van der Waals surface area contributed by atoms with Gasteiger partial charge in [0.15, 0.2) is 0 Å². The fraction of sp³-hybridized carbons (Fsp3) is 0.846. The molecule has 0 spiro atoms. The summed E-state index contributed by atoms with van der Waals surface area (Å²) in [6, 6.07) is -0.317. The van der Waals surface area contributed by atoms with Crippen LogP contribution in [-0.2, 0) is 4.79 Å². The monoisotopic (exact) mass is 272 g/mol. The zero-order chi connectivity index (χ0) is 14.5. The molecule has 0 radical (unpaired) electrons. The molecule has 2 amide bonds. The first-order valence-electron chi connectivity index (χ1n) is 6.82. The Balaban J connectivity index is 2.72. The number of hydrogen-bond acceptors (Lipinski definition) is 3. The van der Waals surface area contributed by atoms with Crippen molar-refractivity contribution in [2.75, 3.05) is 13.2 Å². The number of amides is 2. The van der Waals surface area contributed by atoms with Crippen molar-refractivity contribution in [2.24, 2.45) is 0 Å². The molecule has 0 heterocycles. The van der Waals surface area contributed by atoms with Crippen molar-refractivity contribution in [3.63, 3.8) is 0 Å². The maximum atomic E-state index is 12.2. The van der Waals surface area contributed by atoms with Crippen LogP contribution in [0.25, 0.3) is 0 Å². The Morgan fingerprint density at radius 1 is 1.32 bits per heavy atom. The molecule has 19 heavy (non-hydrogen) atoms. The summed E-state index contributed by atoms with van der Waals surface area (Å²) in [7, 11) is 0. The number of nitrogens with one attached hydrogen (secondary N) is 1. The molecule has 0 aliphatic heterocycles. The summed E-state index contributed by atoms with van der Waals surface area (Å²) >= 11 is 0. The molecule has 0 aromatic rings. The Hall–Kier alpha value is -1.30. The molecule has 1 fully saturated rings. The third-order valence-electron chi connectivity index (χ3n) is 3.65. The molecule has 6 heteroatoms. The molecule has 1 aliphatic carbocycles. The minimum absolute atomic E-state index is 0.0320. The van der Waals surface area contributed by atoms with Crippen LogP contribution >= 0.6 is 0 Å². The smallest absolute Gasteiger partial charge is 0.318 e. The average molecular weight is 272 g/mol. The van der Waals surface area contributed by atoms with E-state index in [0.29, 0.717) is 12.8 Å². The number of urea groups is 1. The lowest BCUT2D eigenvalue weighted by Crippen LogP contribution is -2.55. The van der Waals surface area contributed by atoms with Crippen molar-refractivity contribution < 1.29 is 19.8 Å². The van der Waals surface area contributed by atoms with E-state index in [1.54, 1.807) is 0 Å². The molecule has 3 N–H and O–H groups in total. The number of carboxylic acid groups (broad SMARTS) is 1. The topological polar surface area (TPSA) is 89.9 Å². The fourth-order valence-electron chi connectivity index (χ4n) is 2.69. The second-order valence-corrected chi connectivity index (χ2v) is 5.50. The number of carboxylic acids is 1. The van der Waals surface area contributed by atoms with Gasteiger partial charge < -0.3 is 20.4 Å². The second kappa shape index (κ2) is 6.75. The summed E-state index contributed by atoms with van der Waals surface area (Å²) in [5.74, 6) is -0.888. The molecule has 0 unspecified atom stereocenters. The van der Waals surface area contributed by atoms with Crippen LogP contribution in [0.3, 0.4) is 0 Å². The van der Waals surface area contributed by atoms with Crippen LogP contribution in [0.2, 0.25) is 0 Å². The Morgan fingerprint density at radius 2 is 1.89 bits per heavy atom. The first-order valence-corrected chi connectivity index (χ1v) is 6.82. The van der Waals surface area contributed by atoms with Gasteiger partial charge in [-0.2, -0.15) is 0 Å². The third kappa shape index (κ3) is 4.38. The number of nitrogens with zero attached hydrogens (tertiary/aromatic N) is 1. The highest BCUT2D eigenvalue weighted by Crippen LogP contribution is 2.32. The quantitative estimate of drug-likeness (QED) is 0.677. The van der Waals surface area contributed by atoms with Gasteiger partial charge in [-0.1, -0.05) is 12.8 Å². The summed E-state index contributed by atoms with van der Waals surface area (Å²) in [6.45, 7) is 3.89. The molecule has 1 aliphatic rings. The van der Waals surface area contributed by atoms with Crippen LogP contribution in [0.1, 0.15) is 46.0 Å². The highest BCUT2D eigenvalue weighted by Gasteiger charge is 2.38. The summed E-state index contributed by atoms with van der Waals surface area (Å²) in [6.07, 6.45) is 3.25. The number of rotatable bonds is 6. The van der Waals surface area contributed by atoms with E-state index < -0.39 is 11.5 Å². The Labute approximate surface area is 113 Å². The number of aliphatic hydroxyl groups is 1. The predicted molar refractivity (Wildman–Crippen MR) is 70.9 cm³/mol. The van der Waals surface area contributed by atoms with Gasteiger partial charge in [0.25, 0.3) is 0 Å². The molecular formula is C13H24N2O4. The first-order chi connectivity index (χ1) is 8.90. The van der Waals surface area contributed by atoms with E-state index in [9.17, 15) is 9.59 Å². The summed E-state index contributed by atoms with van der Waals surface area (Å²) in [5.41, 5.74) is -0.620. The molecule has 6 nitrogen and oxygen atoms in total. The van der Waals surface area contributed by atoms with Gasteiger partial charge in [-0.05, 0) is 26.7 Å². The zero-order valence-corrected chi connectivity index (χ0v) is 11.7. The molecule has 110 valence electrons. The fourth-order valence-corrected chi connectivity index (χ4v) is 2.69. The van der Waals surface area contributed by atoms with E-state index >= 15 is 0 Å². The number of hydrogen-bond donors (Lipinski definition) is 3. The number of carbonyl (C=O) groups excluding carboxylic acids is 1. The normalized spacial score (nSPS) is 17.5. The van der Waals surface area contributed by atoms with Crippen molar-refractivity contribution in [2.45, 2.75) is 57.5 Å². The van der Waals surface area contributed by atoms with Crippen molar-refractivity contribution in [1.82, 2.24) is 10.2 Å². The zero-order valence-electron chi connectivity index (χ0n) is 11.7. The standard InChI is InChI=1S/C13H24N2O4/c1-10(2)15(7-8-16)12(19)14-13(9-11(17)18)5-3-4-6-13/h10,16H,3-9H2,1-2H3,(H,14,19)(H,17,18). The van der Waals surface area contributed by atoms with Crippen LogP contribution in [0.5, 0.6) is 0 Å². The van der Waals surface area contributed by atoms with Crippen LogP contribution in [0.4, 0.5) is 4.79 Å². The Morgan fingerprint density at radius 3 is 2.32 bits per heavy atom. The molecular weight excluding hydrogens is 248 g/mol. The average Bonchev–Trinajstić information content (AvgIpc) is 2.72. The van der Waals surface area contributed by atoms with Gasteiger partial charge >= 0.3 is 12.0 Å². The molecule has 0 aromatic carbocycles. The minimum Gasteiger partial charge on any atom is -0.481 e. The minimum atomic E-state index is -0.888. The molecule has 0 bridgehead atoms. The third-order valence-corrected chi connectivity index (χ3v) is 3.65. The highest BCUT2D eigenvalue weighted by atomic mass is 16.4. The Kier molecular flexibility index (Phi) is 5.60. The van der Waals surface area contributed by atoms with Gasteiger partial charge in [-0.25, -0.2) is 4.79 Å². The molecule has 1 rings (SSSR count). The van der Waals surface area contributed by atoms with Crippen LogP contribution in [0, 0.1) is 0 Å². The lowest BCUT2D eigenvalue weighted by Gasteiger charge is -2.34. The Bertz CT molecular complexity index is 325. The highest BCUT2D eigenvalue weighted by molar-refractivity contribution is 5.77. The van der Waals surface area contributed by atoms with E-state index in [-0.39, 0.29) is 31.6 Å². The van der Waals surface area contributed by atoms with Gasteiger partial charge in [0.2, 0.25) is 0 Å².